The van der Waals surface area contributed by atoms with Crippen LogP contribution in [0.3, 0.4) is 0 Å². The molecule has 0 aliphatic heterocycles. The van der Waals surface area contributed by atoms with Crippen LogP contribution >= 0.6 is 0 Å². The van der Waals surface area contributed by atoms with Gasteiger partial charge in [-0.3, -0.25) is 4.98 Å². The summed E-state index contributed by atoms with van der Waals surface area (Å²) in [4.78, 5) is 4.47. The lowest BCUT2D eigenvalue weighted by atomic mass is 9.95. The Balaban J connectivity index is 2.68. The van der Waals surface area contributed by atoms with Crippen molar-refractivity contribution in [2.45, 2.75) is 27.7 Å². The smallest absolute Gasteiger partial charge is 0.0738 e. The number of anilines is 1. The van der Waals surface area contributed by atoms with Crippen molar-refractivity contribution in [1.29, 1.82) is 0 Å². The number of benzene rings is 1. The van der Waals surface area contributed by atoms with Gasteiger partial charge in [0, 0.05) is 5.56 Å². The highest BCUT2D eigenvalue weighted by molar-refractivity contribution is 5.71. The molecule has 2 rings (SSSR count). The van der Waals surface area contributed by atoms with Crippen molar-refractivity contribution in [2.75, 3.05) is 5.73 Å². The summed E-state index contributed by atoms with van der Waals surface area (Å²) in [6, 6.07) is 6.36. The summed E-state index contributed by atoms with van der Waals surface area (Å²) in [5.41, 5.74) is 13.7. The van der Waals surface area contributed by atoms with Crippen molar-refractivity contribution < 1.29 is 0 Å². The Morgan fingerprint density at radius 3 is 2.00 bits per heavy atom. The van der Waals surface area contributed by atoms with Crippen LogP contribution in [-0.4, -0.2) is 4.98 Å². The van der Waals surface area contributed by atoms with Gasteiger partial charge in [0.05, 0.1) is 17.6 Å². The first-order valence-electron chi connectivity index (χ1n) is 5.79. The van der Waals surface area contributed by atoms with E-state index in [0.29, 0.717) is 5.69 Å². The zero-order valence-corrected chi connectivity index (χ0v) is 10.8. The molecule has 2 heteroatoms. The minimum Gasteiger partial charge on any atom is -0.397 e. The van der Waals surface area contributed by atoms with E-state index in [1.807, 2.05) is 6.07 Å². The van der Waals surface area contributed by atoms with Crippen LogP contribution in [0.5, 0.6) is 0 Å². The topological polar surface area (TPSA) is 38.9 Å². The predicted octanol–water partition coefficient (Wildman–Crippen LogP) is 3.56. The van der Waals surface area contributed by atoms with Gasteiger partial charge in [0.25, 0.3) is 0 Å². The summed E-state index contributed by atoms with van der Waals surface area (Å²) in [5, 5.41) is 0. The Bertz CT molecular complexity index is 548. The van der Waals surface area contributed by atoms with Gasteiger partial charge >= 0.3 is 0 Å². The third-order valence-electron chi connectivity index (χ3n) is 3.01. The molecule has 2 N–H and O–H groups in total. The fourth-order valence-corrected chi connectivity index (χ4v) is 2.41. The molecule has 2 aromatic rings. The molecule has 2 nitrogen and oxygen atoms in total. The van der Waals surface area contributed by atoms with E-state index < -0.39 is 0 Å². The lowest BCUT2D eigenvalue weighted by molar-refractivity contribution is 1.23. The molecular weight excluding hydrogens is 208 g/mol. The lowest BCUT2D eigenvalue weighted by Gasteiger charge is -2.13. The van der Waals surface area contributed by atoms with E-state index in [2.05, 4.69) is 44.8 Å². The van der Waals surface area contributed by atoms with Crippen LogP contribution in [0, 0.1) is 27.7 Å². The van der Waals surface area contributed by atoms with E-state index in [1.54, 1.807) is 6.20 Å². The Labute approximate surface area is 103 Å². The molecule has 0 spiro atoms. The summed E-state index contributed by atoms with van der Waals surface area (Å²) in [7, 11) is 0. The van der Waals surface area contributed by atoms with Crippen molar-refractivity contribution >= 4 is 5.69 Å². The van der Waals surface area contributed by atoms with Crippen LogP contribution in [0.4, 0.5) is 5.69 Å². The van der Waals surface area contributed by atoms with Crippen molar-refractivity contribution in [2.24, 2.45) is 0 Å². The minimum absolute atomic E-state index is 0.716. The SMILES string of the molecule is Cc1cc(C)c(-c2ncc(N)cc2C)c(C)c1. The molecule has 0 radical (unpaired) electrons. The summed E-state index contributed by atoms with van der Waals surface area (Å²) < 4.78 is 0. The van der Waals surface area contributed by atoms with E-state index in [-0.39, 0.29) is 0 Å². The minimum atomic E-state index is 0.716. The van der Waals surface area contributed by atoms with Gasteiger partial charge in [-0.1, -0.05) is 17.7 Å². The van der Waals surface area contributed by atoms with Gasteiger partial charge in [-0.15, -0.1) is 0 Å². The third kappa shape index (κ3) is 2.16. The Hall–Kier alpha value is -1.83. The van der Waals surface area contributed by atoms with Crippen LogP contribution in [0.1, 0.15) is 22.3 Å². The number of nitrogen functional groups attached to an aromatic ring is 1. The Morgan fingerprint density at radius 2 is 1.47 bits per heavy atom. The van der Waals surface area contributed by atoms with Gasteiger partial charge in [0.15, 0.2) is 0 Å². The van der Waals surface area contributed by atoms with Crippen molar-refractivity contribution in [3.05, 3.63) is 46.6 Å². The molecule has 0 saturated heterocycles. The lowest BCUT2D eigenvalue weighted by Crippen LogP contribution is -1.97. The Kier molecular flexibility index (Phi) is 2.88. The molecule has 1 aromatic carbocycles. The molecule has 0 atom stereocenters. The van der Waals surface area contributed by atoms with Crippen LogP contribution in [0.25, 0.3) is 11.3 Å². The number of nitrogens with two attached hydrogens (primary N) is 1. The van der Waals surface area contributed by atoms with E-state index in [9.17, 15) is 0 Å². The molecule has 0 aliphatic rings. The molecule has 0 unspecified atom stereocenters. The van der Waals surface area contributed by atoms with Gasteiger partial charge in [0.1, 0.15) is 0 Å². The molecule has 0 amide bonds. The molecule has 88 valence electrons. The highest BCUT2D eigenvalue weighted by atomic mass is 14.7. The molecule has 0 bridgehead atoms. The van der Waals surface area contributed by atoms with E-state index in [1.165, 1.54) is 22.3 Å². The van der Waals surface area contributed by atoms with Crippen LogP contribution < -0.4 is 5.73 Å². The summed E-state index contributed by atoms with van der Waals surface area (Å²) in [5.74, 6) is 0. The number of pyridine rings is 1. The van der Waals surface area contributed by atoms with Crippen LogP contribution in [0.2, 0.25) is 0 Å². The second-order valence-electron chi connectivity index (χ2n) is 4.71. The average Bonchev–Trinajstić information content (AvgIpc) is 2.19. The highest BCUT2D eigenvalue weighted by Crippen LogP contribution is 2.29. The first kappa shape index (κ1) is 11.6. The first-order chi connectivity index (χ1) is 7.99. The zero-order chi connectivity index (χ0) is 12.6. The van der Waals surface area contributed by atoms with Gasteiger partial charge in [-0.2, -0.15) is 0 Å². The normalized spacial score (nSPS) is 10.6. The molecule has 0 fully saturated rings. The van der Waals surface area contributed by atoms with Gasteiger partial charge in [-0.25, -0.2) is 0 Å². The zero-order valence-electron chi connectivity index (χ0n) is 10.8. The predicted molar refractivity (Wildman–Crippen MR) is 73.0 cm³/mol. The van der Waals surface area contributed by atoms with Gasteiger partial charge < -0.3 is 5.73 Å². The number of aromatic nitrogens is 1. The largest absolute Gasteiger partial charge is 0.397 e. The second kappa shape index (κ2) is 4.21. The second-order valence-corrected chi connectivity index (χ2v) is 4.71. The number of hydrogen-bond donors (Lipinski definition) is 1. The van der Waals surface area contributed by atoms with Crippen molar-refractivity contribution in [3.63, 3.8) is 0 Å². The van der Waals surface area contributed by atoms with Crippen LogP contribution in [-0.2, 0) is 0 Å². The van der Waals surface area contributed by atoms with Crippen molar-refractivity contribution in [1.82, 2.24) is 4.98 Å². The number of aryl methyl sites for hydroxylation is 4. The maximum absolute atomic E-state index is 5.74. The molecule has 0 saturated carbocycles. The van der Waals surface area contributed by atoms with E-state index in [0.717, 1.165) is 11.3 Å². The molecular formula is C15H18N2. The first-order valence-corrected chi connectivity index (χ1v) is 5.79. The number of rotatable bonds is 1. The van der Waals surface area contributed by atoms with Crippen LogP contribution in [0.15, 0.2) is 24.4 Å². The number of nitrogens with zero attached hydrogens (tertiary/aromatic N) is 1. The Morgan fingerprint density at radius 1 is 0.882 bits per heavy atom. The number of hydrogen-bond acceptors (Lipinski definition) is 2. The molecule has 1 aromatic heterocycles. The summed E-state index contributed by atoms with van der Waals surface area (Å²) in [6.45, 7) is 8.43. The fourth-order valence-electron chi connectivity index (χ4n) is 2.41. The van der Waals surface area contributed by atoms with Gasteiger partial charge in [-0.05, 0) is 50.5 Å². The van der Waals surface area contributed by atoms with Crippen molar-refractivity contribution in [3.8, 4) is 11.3 Å². The molecule has 17 heavy (non-hydrogen) atoms. The monoisotopic (exact) mass is 226 g/mol. The molecule has 0 aliphatic carbocycles. The summed E-state index contributed by atoms with van der Waals surface area (Å²) in [6.07, 6.45) is 1.72. The highest BCUT2D eigenvalue weighted by Gasteiger charge is 2.10. The molecule has 1 heterocycles. The fraction of sp³-hybridized carbons (Fsp3) is 0.267. The quantitative estimate of drug-likeness (QED) is 0.807. The third-order valence-corrected chi connectivity index (χ3v) is 3.01. The summed E-state index contributed by atoms with van der Waals surface area (Å²) >= 11 is 0. The average molecular weight is 226 g/mol. The van der Waals surface area contributed by atoms with E-state index >= 15 is 0 Å². The standard InChI is InChI=1S/C15H18N2/c1-9-5-10(2)14(11(3)6-9)15-12(4)7-13(16)8-17-15/h5-8H,16H2,1-4H3. The van der Waals surface area contributed by atoms with Gasteiger partial charge in [0.2, 0.25) is 0 Å². The van der Waals surface area contributed by atoms with E-state index in [4.69, 9.17) is 5.73 Å². The maximum atomic E-state index is 5.74. The maximum Gasteiger partial charge on any atom is 0.0738 e.